The molecule has 1 unspecified atom stereocenters. The van der Waals surface area contributed by atoms with Gasteiger partial charge in [-0.05, 0) is 55.0 Å². The Labute approximate surface area is 237 Å². The van der Waals surface area contributed by atoms with Crippen molar-refractivity contribution < 1.29 is 22.7 Å². The van der Waals surface area contributed by atoms with Gasteiger partial charge >= 0.3 is 6.18 Å². The number of amides is 1. The summed E-state index contributed by atoms with van der Waals surface area (Å²) in [5, 5.41) is 11.4. The summed E-state index contributed by atoms with van der Waals surface area (Å²) in [4.78, 5) is 13.5. The molecule has 0 bridgehead atoms. The van der Waals surface area contributed by atoms with Crippen molar-refractivity contribution in [3.05, 3.63) is 94.0 Å². The minimum atomic E-state index is -4.59. The lowest BCUT2D eigenvalue weighted by Crippen LogP contribution is -2.20. The maximum atomic E-state index is 13.5. The highest BCUT2D eigenvalue weighted by atomic mass is 35.5. The maximum absolute atomic E-state index is 13.5. The van der Waals surface area contributed by atoms with Crippen molar-refractivity contribution in [2.45, 2.75) is 30.1 Å². The standard InChI is InChI=1S/C27H23Cl2F3N4O2S/c1-2-38-15-14-36-24(18-8-11-20(28)12-9-18)34-35-26(36)39-23(17-6-4-3-5-7-17)25(37)33-22-16-19(27(30,31)32)10-13-21(22)29/h3-13,16,23H,2,14-15H2,1H3,(H,33,37). The van der Waals surface area contributed by atoms with Gasteiger partial charge in [-0.25, -0.2) is 0 Å². The maximum Gasteiger partial charge on any atom is 0.416 e. The van der Waals surface area contributed by atoms with E-state index in [0.717, 1.165) is 35.5 Å². The topological polar surface area (TPSA) is 69.0 Å². The first kappa shape index (κ1) is 28.9. The second-order valence-electron chi connectivity index (χ2n) is 8.25. The van der Waals surface area contributed by atoms with Gasteiger partial charge in [0.1, 0.15) is 5.25 Å². The zero-order valence-corrected chi connectivity index (χ0v) is 22.9. The van der Waals surface area contributed by atoms with Crippen LogP contribution in [0.3, 0.4) is 0 Å². The molecule has 39 heavy (non-hydrogen) atoms. The third kappa shape index (κ3) is 7.33. The summed E-state index contributed by atoms with van der Waals surface area (Å²) < 4.78 is 47.3. The van der Waals surface area contributed by atoms with Gasteiger partial charge in [-0.15, -0.1) is 10.2 Å². The molecule has 0 fully saturated rings. The molecule has 6 nitrogen and oxygen atoms in total. The van der Waals surface area contributed by atoms with E-state index in [1.54, 1.807) is 42.5 Å². The normalized spacial score (nSPS) is 12.4. The molecule has 4 rings (SSSR count). The summed E-state index contributed by atoms with van der Waals surface area (Å²) >= 11 is 13.3. The lowest BCUT2D eigenvalue weighted by molar-refractivity contribution is -0.137. The largest absolute Gasteiger partial charge is 0.416 e. The van der Waals surface area contributed by atoms with Gasteiger partial charge in [0.2, 0.25) is 5.91 Å². The van der Waals surface area contributed by atoms with Crippen LogP contribution in [0.2, 0.25) is 10.0 Å². The summed E-state index contributed by atoms with van der Waals surface area (Å²) in [7, 11) is 0. The van der Waals surface area contributed by atoms with Crippen LogP contribution in [-0.4, -0.2) is 33.9 Å². The van der Waals surface area contributed by atoms with Gasteiger partial charge in [0.25, 0.3) is 0 Å². The first-order valence-electron chi connectivity index (χ1n) is 11.8. The van der Waals surface area contributed by atoms with Crippen LogP contribution in [0.5, 0.6) is 0 Å². The van der Waals surface area contributed by atoms with Crippen LogP contribution in [0.25, 0.3) is 11.4 Å². The highest BCUT2D eigenvalue weighted by Crippen LogP contribution is 2.39. The summed E-state index contributed by atoms with van der Waals surface area (Å²) in [5.74, 6) is -0.0122. The molecule has 1 N–H and O–H groups in total. The van der Waals surface area contributed by atoms with Crippen molar-refractivity contribution in [3.8, 4) is 11.4 Å². The number of aromatic nitrogens is 3. The highest BCUT2D eigenvalue weighted by molar-refractivity contribution is 8.00. The minimum Gasteiger partial charge on any atom is -0.380 e. The second kappa shape index (κ2) is 12.9. The van der Waals surface area contributed by atoms with Gasteiger partial charge in [-0.1, -0.05) is 65.3 Å². The van der Waals surface area contributed by atoms with Gasteiger partial charge in [0.15, 0.2) is 11.0 Å². The Hall–Kier alpha value is -3.05. The smallest absolute Gasteiger partial charge is 0.380 e. The van der Waals surface area contributed by atoms with Gasteiger partial charge in [0.05, 0.1) is 29.4 Å². The van der Waals surface area contributed by atoms with E-state index in [-0.39, 0.29) is 10.7 Å². The molecule has 0 aliphatic heterocycles. The Bertz CT molecular complexity index is 1420. The number of hydrogen-bond acceptors (Lipinski definition) is 5. The average molecular weight is 595 g/mol. The fourth-order valence-electron chi connectivity index (χ4n) is 3.69. The molecule has 12 heteroatoms. The van der Waals surface area contributed by atoms with Crippen molar-refractivity contribution in [2.75, 3.05) is 18.5 Å². The summed E-state index contributed by atoms with van der Waals surface area (Å²) in [6.45, 7) is 3.19. The number of rotatable bonds is 10. The SMILES string of the molecule is CCOCCn1c(SC(C(=O)Nc2cc(C(F)(F)F)ccc2Cl)c2ccccc2)nnc1-c1ccc(Cl)cc1. The monoisotopic (exact) mass is 594 g/mol. The number of thioether (sulfide) groups is 1. The Morgan fingerprint density at radius 1 is 1.05 bits per heavy atom. The molecule has 0 aliphatic carbocycles. The van der Waals surface area contributed by atoms with E-state index in [2.05, 4.69) is 15.5 Å². The molecule has 0 spiro atoms. The van der Waals surface area contributed by atoms with E-state index < -0.39 is 22.9 Å². The molecule has 3 aromatic carbocycles. The van der Waals surface area contributed by atoms with Gasteiger partial charge in [-0.2, -0.15) is 13.2 Å². The number of benzene rings is 3. The number of nitrogens with one attached hydrogen (secondary N) is 1. The number of carbonyl (C=O) groups excluding carboxylic acids is 1. The lowest BCUT2D eigenvalue weighted by atomic mass is 10.1. The highest BCUT2D eigenvalue weighted by Gasteiger charge is 2.32. The van der Waals surface area contributed by atoms with Crippen LogP contribution in [0, 0.1) is 0 Å². The molecule has 204 valence electrons. The number of carbonyl (C=O) groups is 1. The molecule has 0 radical (unpaired) electrons. The fraction of sp³-hybridized carbons (Fsp3) is 0.222. The van der Waals surface area contributed by atoms with Gasteiger partial charge in [0, 0.05) is 17.2 Å². The van der Waals surface area contributed by atoms with Crippen LogP contribution in [0.15, 0.2) is 78.0 Å². The Morgan fingerprint density at radius 3 is 2.44 bits per heavy atom. The zero-order valence-electron chi connectivity index (χ0n) is 20.6. The van der Waals surface area contributed by atoms with E-state index in [1.165, 1.54) is 0 Å². The first-order chi connectivity index (χ1) is 18.7. The predicted molar refractivity (Wildman–Crippen MR) is 147 cm³/mol. The van der Waals surface area contributed by atoms with E-state index in [1.807, 2.05) is 23.6 Å². The van der Waals surface area contributed by atoms with Crippen LogP contribution >= 0.6 is 35.0 Å². The number of halogens is 5. The van der Waals surface area contributed by atoms with Crippen LogP contribution in [-0.2, 0) is 22.3 Å². The Balaban J connectivity index is 1.69. The molecular formula is C27H23Cl2F3N4O2S. The van der Waals surface area contributed by atoms with Gasteiger partial charge in [-0.3, -0.25) is 9.36 Å². The molecule has 1 atom stereocenters. The third-order valence-electron chi connectivity index (χ3n) is 5.60. The molecule has 0 saturated heterocycles. The van der Waals surface area contributed by atoms with Crippen molar-refractivity contribution in [2.24, 2.45) is 0 Å². The van der Waals surface area contributed by atoms with E-state index >= 15 is 0 Å². The van der Waals surface area contributed by atoms with E-state index in [4.69, 9.17) is 27.9 Å². The first-order valence-corrected chi connectivity index (χ1v) is 13.5. The van der Waals surface area contributed by atoms with Gasteiger partial charge < -0.3 is 10.1 Å². The second-order valence-corrected chi connectivity index (χ2v) is 10.2. The molecular weight excluding hydrogens is 572 g/mol. The third-order valence-corrected chi connectivity index (χ3v) is 7.41. The molecule has 1 aromatic heterocycles. The van der Waals surface area contributed by atoms with Crippen molar-refractivity contribution >= 4 is 46.6 Å². The van der Waals surface area contributed by atoms with E-state index in [9.17, 15) is 18.0 Å². The minimum absolute atomic E-state index is 0.0157. The van der Waals surface area contributed by atoms with Crippen LogP contribution in [0.1, 0.15) is 23.3 Å². The number of alkyl halides is 3. The fourth-order valence-corrected chi connectivity index (χ4v) is 5.05. The van der Waals surface area contributed by atoms with Crippen molar-refractivity contribution in [3.63, 3.8) is 0 Å². The number of nitrogens with zero attached hydrogens (tertiary/aromatic N) is 3. The Morgan fingerprint density at radius 2 is 1.77 bits per heavy atom. The summed E-state index contributed by atoms with van der Waals surface area (Å²) in [6.07, 6.45) is -4.59. The van der Waals surface area contributed by atoms with E-state index in [0.29, 0.717) is 41.3 Å². The average Bonchev–Trinajstić information content (AvgIpc) is 3.31. The Kier molecular flexibility index (Phi) is 9.55. The summed E-state index contributed by atoms with van der Waals surface area (Å²) in [6, 6.07) is 18.7. The number of ether oxygens (including phenoxy) is 1. The molecule has 1 heterocycles. The van der Waals surface area contributed by atoms with Crippen LogP contribution < -0.4 is 5.32 Å². The number of anilines is 1. The quantitative estimate of drug-likeness (QED) is 0.150. The molecule has 4 aromatic rings. The molecule has 0 saturated carbocycles. The van der Waals surface area contributed by atoms with Crippen molar-refractivity contribution in [1.82, 2.24) is 14.8 Å². The molecule has 0 aliphatic rings. The molecule has 1 amide bonds. The van der Waals surface area contributed by atoms with Crippen molar-refractivity contribution in [1.29, 1.82) is 0 Å². The summed E-state index contributed by atoms with van der Waals surface area (Å²) in [5.41, 5.74) is 0.328. The lowest BCUT2D eigenvalue weighted by Gasteiger charge is -2.19. The van der Waals surface area contributed by atoms with Crippen LogP contribution in [0.4, 0.5) is 18.9 Å². The predicted octanol–water partition coefficient (Wildman–Crippen LogP) is 7.78. The number of hydrogen-bond donors (Lipinski definition) is 1. The zero-order chi connectivity index (χ0) is 28.0.